The van der Waals surface area contributed by atoms with Crippen LogP contribution >= 0.6 is 0 Å². The van der Waals surface area contributed by atoms with Crippen LogP contribution in [0.2, 0.25) is 0 Å². The third kappa shape index (κ3) is 3.97. The van der Waals surface area contributed by atoms with E-state index in [9.17, 15) is 4.79 Å². The summed E-state index contributed by atoms with van der Waals surface area (Å²) in [5.74, 6) is 1.29. The van der Waals surface area contributed by atoms with Crippen molar-refractivity contribution < 1.29 is 9.53 Å². The molecule has 2 aromatic carbocycles. The molecule has 168 valence electrons. The van der Waals surface area contributed by atoms with Crippen LogP contribution in [0.25, 0.3) is 33.4 Å². The van der Waals surface area contributed by atoms with Crippen LogP contribution in [0.4, 0.5) is 11.5 Å². The van der Waals surface area contributed by atoms with Gasteiger partial charge < -0.3 is 20.8 Å². The quantitative estimate of drug-likeness (QED) is 0.326. The van der Waals surface area contributed by atoms with Gasteiger partial charge in [-0.25, -0.2) is 9.97 Å². The molecular weight excluding hydrogens is 430 g/mol. The molecule has 3 aromatic heterocycles. The number of aryl methyl sites for hydroxylation is 1. The Bertz CT molecular complexity index is 1500. The second-order valence-corrected chi connectivity index (χ2v) is 7.58. The number of carbonyl (C=O) groups is 1. The molecule has 1 amide bonds. The van der Waals surface area contributed by atoms with Crippen molar-refractivity contribution in [3.05, 3.63) is 79.8 Å². The highest BCUT2D eigenvalue weighted by molar-refractivity contribution is 6.07. The number of rotatable bonds is 6. The molecule has 5 aromatic rings. The maximum absolute atomic E-state index is 11.6. The molecular formula is C25H21N7O2. The van der Waals surface area contributed by atoms with Crippen LogP contribution in [-0.2, 0) is 11.8 Å². The number of nitrogens with zero attached hydrogens (tertiary/aromatic N) is 4. The predicted molar refractivity (Wildman–Crippen MR) is 131 cm³/mol. The second kappa shape index (κ2) is 8.55. The van der Waals surface area contributed by atoms with Crippen molar-refractivity contribution >= 4 is 28.4 Å². The lowest BCUT2D eigenvalue weighted by atomic mass is 9.98. The average molecular weight is 451 g/mol. The maximum atomic E-state index is 11.6. The van der Waals surface area contributed by atoms with Crippen LogP contribution in [-0.4, -0.2) is 30.6 Å². The van der Waals surface area contributed by atoms with E-state index < -0.39 is 0 Å². The van der Waals surface area contributed by atoms with Crippen molar-refractivity contribution in [1.29, 1.82) is 0 Å². The topological polar surface area (TPSA) is 124 Å². The number of benzene rings is 2. The van der Waals surface area contributed by atoms with E-state index in [1.165, 1.54) is 12.4 Å². The van der Waals surface area contributed by atoms with Gasteiger partial charge in [-0.05, 0) is 41.5 Å². The molecule has 34 heavy (non-hydrogen) atoms. The third-order valence-electron chi connectivity index (χ3n) is 5.30. The van der Waals surface area contributed by atoms with E-state index in [2.05, 4.69) is 31.9 Å². The third-order valence-corrected chi connectivity index (χ3v) is 5.30. The van der Waals surface area contributed by atoms with Crippen LogP contribution in [0, 0.1) is 0 Å². The molecule has 0 saturated heterocycles. The summed E-state index contributed by atoms with van der Waals surface area (Å²) in [6.45, 7) is 3.47. The Morgan fingerprint density at radius 2 is 1.82 bits per heavy atom. The summed E-state index contributed by atoms with van der Waals surface area (Å²) in [4.78, 5) is 23.5. The van der Waals surface area contributed by atoms with E-state index in [1.54, 1.807) is 10.7 Å². The van der Waals surface area contributed by atoms with E-state index in [0.717, 1.165) is 27.8 Å². The molecule has 0 atom stereocenters. The summed E-state index contributed by atoms with van der Waals surface area (Å²) < 4.78 is 7.50. The predicted octanol–water partition coefficient (Wildman–Crippen LogP) is 4.52. The van der Waals surface area contributed by atoms with Gasteiger partial charge in [0.1, 0.15) is 23.5 Å². The van der Waals surface area contributed by atoms with Gasteiger partial charge in [-0.1, -0.05) is 30.8 Å². The number of hydrogen-bond acceptors (Lipinski definition) is 6. The van der Waals surface area contributed by atoms with Crippen molar-refractivity contribution in [2.24, 2.45) is 7.05 Å². The first kappa shape index (κ1) is 21.0. The summed E-state index contributed by atoms with van der Waals surface area (Å²) in [5, 5.41) is 7.73. The molecule has 0 saturated carbocycles. The first-order chi connectivity index (χ1) is 16.5. The number of aromatic amines is 1. The van der Waals surface area contributed by atoms with Gasteiger partial charge in [0.25, 0.3) is 0 Å². The van der Waals surface area contributed by atoms with Gasteiger partial charge in [-0.2, -0.15) is 0 Å². The Kier molecular flexibility index (Phi) is 5.27. The summed E-state index contributed by atoms with van der Waals surface area (Å²) in [6, 6.07) is 16.9. The minimum atomic E-state index is -0.268. The molecule has 0 spiro atoms. The number of nitrogen functional groups attached to an aromatic ring is 1. The molecule has 5 rings (SSSR count). The molecule has 0 aliphatic rings. The van der Waals surface area contributed by atoms with Crippen LogP contribution < -0.4 is 15.8 Å². The first-order valence-electron chi connectivity index (χ1n) is 10.5. The SMILES string of the molecule is C=CC(=O)Nc1ccc(-c2[nH]c3ncnc(N)c3c2-c2ccc(Oc3ccn(C)n3)cc2)cc1. The highest BCUT2D eigenvalue weighted by Gasteiger charge is 2.19. The Labute approximate surface area is 194 Å². The van der Waals surface area contributed by atoms with Crippen molar-refractivity contribution in [3.63, 3.8) is 0 Å². The minimum absolute atomic E-state index is 0.268. The van der Waals surface area contributed by atoms with Crippen LogP contribution in [0.15, 0.2) is 79.8 Å². The molecule has 4 N–H and O–H groups in total. The Morgan fingerprint density at radius 1 is 1.09 bits per heavy atom. The second-order valence-electron chi connectivity index (χ2n) is 7.58. The van der Waals surface area contributed by atoms with Gasteiger partial charge in [0, 0.05) is 30.6 Å². The zero-order chi connectivity index (χ0) is 23.7. The number of ether oxygens (including phenoxy) is 1. The van der Waals surface area contributed by atoms with Gasteiger partial charge in [-0.3, -0.25) is 9.48 Å². The van der Waals surface area contributed by atoms with E-state index in [0.29, 0.717) is 28.8 Å². The summed E-state index contributed by atoms with van der Waals surface area (Å²) in [6.07, 6.45) is 4.48. The molecule has 0 bridgehead atoms. The fourth-order valence-electron chi connectivity index (χ4n) is 3.72. The molecule has 3 heterocycles. The van der Waals surface area contributed by atoms with Gasteiger partial charge in [0.15, 0.2) is 0 Å². The van der Waals surface area contributed by atoms with Crippen LogP contribution in [0.1, 0.15) is 0 Å². The van der Waals surface area contributed by atoms with Crippen LogP contribution in [0.3, 0.4) is 0 Å². The fraction of sp³-hybridized carbons (Fsp3) is 0.0400. The van der Waals surface area contributed by atoms with Crippen molar-refractivity contribution in [2.45, 2.75) is 0 Å². The molecule has 0 aliphatic carbocycles. The maximum Gasteiger partial charge on any atom is 0.247 e. The first-order valence-corrected chi connectivity index (χ1v) is 10.5. The Morgan fingerprint density at radius 3 is 2.50 bits per heavy atom. The number of nitrogens with one attached hydrogen (secondary N) is 2. The van der Waals surface area contributed by atoms with E-state index in [4.69, 9.17) is 10.5 Å². The van der Waals surface area contributed by atoms with E-state index in [-0.39, 0.29) is 5.91 Å². The Hall–Kier alpha value is -4.92. The fourth-order valence-corrected chi connectivity index (χ4v) is 3.72. The molecule has 0 aliphatic heterocycles. The van der Waals surface area contributed by atoms with Gasteiger partial charge in [-0.15, -0.1) is 5.10 Å². The number of aromatic nitrogens is 5. The number of hydrogen-bond donors (Lipinski definition) is 3. The number of carbonyl (C=O) groups excluding carboxylic acids is 1. The molecule has 0 radical (unpaired) electrons. The van der Waals surface area contributed by atoms with Crippen LogP contribution in [0.5, 0.6) is 11.6 Å². The van der Waals surface area contributed by atoms with Crippen molar-refractivity contribution in [2.75, 3.05) is 11.1 Å². The molecule has 9 nitrogen and oxygen atoms in total. The lowest BCUT2D eigenvalue weighted by molar-refractivity contribution is -0.111. The monoisotopic (exact) mass is 451 g/mol. The van der Waals surface area contributed by atoms with Gasteiger partial charge in [0.2, 0.25) is 11.8 Å². The average Bonchev–Trinajstić information content (AvgIpc) is 3.44. The number of H-pyrrole nitrogens is 1. The minimum Gasteiger partial charge on any atom is -0.438 e. The highest BCUT2D eigenvalue weighted by atomic mass is 16.5. The normalized spacial score (nSPS) is 10.9. The van der Waals surface area contributed by atoms with E-state index in [1.807, 2.05) is 61.8 Å². The van der Waals surface area contributed by atoms with Crippen molar-refractivity contribution in [1.82, 2.24) is 24.7 Å². The van der Waals surface area contributed by atoms with E-state index >= 15 is 0 Å². The zero-order valence-electron chi connectivity index (χ0n) is 18.3. The summed E-state index contributed by atoms with van der Waals surface area (Å²) in [5.41, 5.74) is 11.1. The number of amides is 1. The molecule has 0 unspecified atom stereocenters. The highest BCUT2D eigenvalue weighted by Crippen LogP contribution is 2.40. The van der Waals surface area contributed by atoms with Gasteiger partial charge in [0.05, 0.1) is 11.1 Å². The zero-order valence-corrected chi connectivity index (χ0v) is 18.3. The number of fused-ring (bicyclic) bond motifs is 1. The number of anilines is 2. The lowest BCUT2D eigenvalue weighted by Crippen LogP contribution is -2.06. The van der Waals surface area contributed by atoms with Crippen molar-refractivity contribution in [3.8, 4) is 34.0 Å². The summed E-state index contributed by atoms with van der Waals surface area (Å²) >= 11 is 0. The Balaban J connectivity index is 1.56. The summed E-state index contributed by atoms with van der Waals surface area (Å²) in [7, 11) is 1.83. The van der Waals surface area contributed by atoms with Gasteiger partial charge >= 0.3 is 0 Å². The number of nitrogens with two attached hydrogens (primary N) is 1. The standard InChI is InChI=1S/C25H21N7O2/c1-3-19(33)29-17-8-4-16(5-9-17)23-21(22-24(26)27-14-28-25(22)30-23)15-6-10-18(11-7-15)34-20-12-13-32(2)31-20/h3-14H,1H2,2H3,(H,29,33)(H3,26,27,28,30). The lowest BCUT2D eigenvalue weighted by Gasteiger charge is -2.09. The molecule has 9 heteroatoms. The largest absolute Gasteiger partial charge is 0.438 e. The molecule has 0 fully saturated rings. The smallest absolute Gasteiger partial charge is 0.247 e.